The molecule has 0 unspecified atom stereocenters. The molecule has 3 aliphatic rings. The maximum Gasteiger partial charge on any atom is 0.287 e. The molecule has 4 atom stereocenters. The Morgan fingerprint density at radius 2 is 1.91 bits per heavy atom. The lowest BCUT2D eigenvalue weighted by molar-refractivity contribution is -0.385. The number of pyridine rings is 1. The van der Waals surface area contributed by atoms with Crippen molar-refractivity contribution in [1.82, 2.24) is 9.99 Å². The normalized spacial score (nSPS) is 24.8. The van der Waals surface area contributed by atoms with Crippen LogP contribution in [-0.2, 0) is 9.59 Å². The van der Waals surface area contributed by atoms with E-state index in [9.17, 15) is 19.7 Å². The number of allylic oxidation sites excluding steroid dienone is 2. The monoisotopic (exact) mass is 526 g/mol. The average Bonchev–Trinajstić information content (AvgIpc) is 3.49. The van der Waals surface area contributed by atoms with Gasteiger partial charge in [0.15, 0.2) is 11.5 Å². The van der Waals surface area contributed by atoms with Gasteiger partial charge in [-0.15, -0.1) is 0 Å². The van der Waals surface area contributed by atoms with Gasteiger partial charge in [-0.2, -0.15) is 10.1 Å². The van der Waals surface area contributed by atoms with E-state index in [-0.39, 0.29) is 47.1 Å². The number of carbonyl (C=O) groups excluding carboxylic acids is 2. The molecule has 1 saturated carbocycles. The summed E-state index contributed by atoms with van der Waals surface area (Å²) in [6.07, 6.45) is 7.47. The molecule has 0 radical (unpaired) electrons. The van der Waals surface area contributed by atoms with Crippen molar-refractivity contribution in [3.63, 3.8) is 0 Å². The molecular formula is C23H19BrN4O6. The van der Waals surface area contributed by atoms with Crippen LogP contribution in [0.5, 0.6) is 17.4 Å². The molecule has 5 rings (SSSR count). The predicted octanol–water partition coefficient (Wildman–Crippen LogP) is 4.08. The van der Waals surface area contributed by atoms with Gasteiger partial charge in [0.1, 0.15) is 6.20 Å². The van der Waals surface area contributed by atoms with Crippen LogP contribution in [0.3, 0.4) is 0 Å². The van der Waals surface area contributed by atoms with Crippen LogP contribution in [0.2, 0.25) is 0 Å². The van der Waals surface area contributed by atoms with Gasteiger partial charge < -0.3 is 9.47 Å². The largest absolute Gasteiger partial charge is 0.490 e. The second-order valence-corrected chi connectivity index (χ2v) is 9.05. The zero-order valence-electron chi connectivity index (χ0n) is 18.0. The number of hydrogen-bond acceptors (Lipinski definition) is 8. The number of hydrazone groups is 1. The number of rotatable bonds is 7. The van der Waals surface area contributed by atoms with Crippen LogP contribution in [0.25, 0.3) is 0 Å². The standard InChI is InChI=1S/C23H19BrN4O6/c1-2-33-17-8-14(16(24)9-18(17)34-19-6-5-15(11-25-19)28(31)32)10-26-27-22(29)20-12-3-4-13(7-12)21(20)23(27)30/h3-6,8-13,20-21H,2,7H2,1H3/t12-,13-,20-,21+/m0/s1. The summed E-state index contributed by atoms with van der Waals surface area (Å²) in [5.41, 5.74) is 0.426. The first-order valence-electron chi connectivity index (χ1n) is 10.7. The van der Waals surface area contributed by atoms with E-state index in [1.807, 2.05) is 19.1 Å². The number of imide groups is 1. The average molecular weight is 527 g/mol. The second kappa shape index (κ2) is 8.64. The van der Waals surface area contributed by atoms with E-state index in [1.54, 1.807) is 12.1 Å². The lowest BCUT2D eigenvalue weighted by Crippen LogP contribution is -2.28. The number of fused-ring (bicyclic) bond motifs is 5. The molecular weight excluding hydrogens is 508 g/mol. The third-order valence-corrected chi connectivity index (χ3v) is 6.96. The van der Waals surface area contributed by atoms with Crippen molar-refractivity contribution < 1.29 is 24.0 Å². The Balaban J connectivity index is 1.38. The third kappa shape index (κ3) is 3.75. The Hall–Kier alpha value is -3.60. The molecule has 1 saturated heterocycles. The molecule has 2 amide bonds. The van der Waals surface area contributed by atoms with E-state index in [0.29, 0.717) is 28.1 Å². The van der Waals surface area contributed by atoms with Gasteiger partial charge in [0.25, 0.3) is 17.5 Å². The molecule has 174 valence electrons. The number of nitro groups is 1. The molecule has 2 aromatic rings. The number of aromatic nitrogens is 1. The van der Waals surface area contributed by atoms with Gasteiger partial charge in [-0.25, -0.2) is 4.98 Å². The summed E-state index contributed by atoms with van der Waals surface area (Å²) >= 11 is 3.46. The van der Waals surface area contributed by atoms with Crippen LogP contribution >= 0.6 is 15.9 Å². The minimum Gasteiger partial charge on any atom is -0.490 e. The van der Waals surface area contributed by atoms with Crippen LogP contribution in [0, 0.1) is 33.8 Å². The van der Waals surface area contributed by atoms with E-state index < -0.39 is 4.92 Å². The van der Waals surface area contributed by atoms with Crippen LogP contribution in [0.15, 0.2) is 52.2 Å². The summed E-state index contributed by atoms with van der Waals surface area (Å²) in [4.78, 5) is 39.9. The highest BCUT2D eigenvalue weighted by Crippen LogP contribution is 2.52. The lowest BCUT2D eigenvalue weighted by atomic mass is 9.85. The summed E-state index contributed by atoms with van der Waals surface area (Å²) in [7, 11) is 0. The zero-order valence-corrected chi connectivity index (χ0v) is 19.5. The lowest BCUT2D eigenvalue weighted by Gasteiger charge is -2.14. The molecule has 1 aromatic carbocycles. The topological polar surface area (TPSA) is 124 Å². The zero-order chi connectivity index (χ0) is 24.0. The number of ether oxygens (including phenoxy) is 2. The van der Waals surface area contributed by atoms with Crippen LogP contribution < -0.4 is 9.47 Å². The number of benzene rings is 1. The highest BCUT2D eigenvalue weighted by Gasteiger charge is 2.59. The summed E-state index contributed by atoms with van der Waals surface area (Å²) < 4.78 is 12.0. The number of halogens is 1. The summed E-state index contributed by atoms with van der Waals surface area (Å²) in [5.74, 6) is -0.0352. The van der Waals surface area contributed by atoms with Crippen molar-refractivity contribution in [3.05, 3.63) is 62.8 Å². The Bertz CT molecular complexity index is 1210. The Morgan fingerprint density at radius 1 is 1.21 bits per heavy atom. The first-order valence-corrected chi connectivity index (χ1v) is 11.5. The highest BCUT2D eigenvalue weighted by molar-refractivity contribution is 9.10. The maximum atomic E-state index is 12.8. The molecule has 0 N–H and O–H groups in total. The summed E-state index contributed by atoms with van der Waals surface area (Å²) in [6.45, 7) is 2.16. The van der Waals surface area contributed by atoms with Gasteiger partial charge in [-0.3, -0.25) is 19.7 Å². The second-order valence-electron chi connectivity index (χ2n) is 8.20. The SMILES string of the molecule is CCOc1cc(C=NN2C(=O)[C@@H]3[C@H](C2=O)[C@H]2C=C[C@H]3C2)c(Br)cc1Oc1ccc([N+](=O)[O-])cn1. The van der Waals surface area contributed by atoms with Crippen LogP contribution in [0.4, 0.5) is 5.69 Å². The van der Waals surface area contributed by atoms with Crippen molar-refractivity contribution in [2.75, 3.05) is 6.61 Å². The first kappa shape index (κ1) is 22.2. The van der Waals surface area contributed by atoms with Crippen LogP contribution in [-0.4, -0.2) is 39.6 Å². The van der Waals surface area contributed by atoms with E-state index in [0.717, 1.165) is 17.6 Å². The number of carbonyl (C=O) groups is 2. The van der Waals surface area contributed by atoms with Crippen molar-refractivity contribution >= 4 is 39.6 Å². The third-order valence-electron chi connectivity index (χ3n) is 6.27. The van der Waals surface area contributed by atoms with Crippen LogP contribution in [0.1, 0.15) is 18.9 Å². The molecule has 1 aliphatic heterocycles. The summed E-state index contributed by atoms with van der Waals surface area (Å²) in [6, 6.07) is 5.98. The van der Waals surface area contributed by atoms with Crippen molar-refractivity contribution in [3.8, 4) is 17.4 Å². The molecule has 2 bridgehead atoms. The Labute approximate surface area is 202 Å². The molecule has 34 heavy (non-hydrogen) atoms. The quantitative estimate of drug-likeness (QED) is 0.175. The molecule has 1 aromatic heterocycles. The Morgan fingerprint density at radius 3 is 2.50 bits per heavy atom. The van der Waals surface area contributed by atoms with Crippen molar-refractivity contribution in [2.24, 2.45) is 28.8 Å². The minimum absolute atomic E-state index is 0.118. The van der Waals surface area contributed by atoms with Gasteiger partial charge in [-0.1, -0.05) is 12.2 Å². The van der Waals surface area contributed by atoms with Crippen molar-refractivity contribution in [2.45, 2.75) is 13.3 Å². The highest BCUT2D eigenvalue weighted by atomic mass is 79.9. The Kier molecular flexibility index (Phi) is 5.64. The van der Waals surface area contributed by atoms with Gasteiger partial charge in [0.05, 0.1) is 29.6 Å². The molecule has 11 heteroatoms. The molecule has 2 heterocycles. The maximum absolute atomic E-state index is 12.8. The van der Waals surface area contributed by atoms with Gasteiger partial charge in [0.2, 0.25) is 5.88 Å². The van der Waals surface area contributed by atoms with Gasteiger partial charge in [0, 0.05) is 22.2 Å². The smallest absolute Gasteiger partial charge is 0.287 e. The first-order chi connectivity index (χ1) is 16.4. The number of hydrogen-bond donors (Lipinski definition) is 0. The van der Waals surface area contributed by atoms with E-state index in [2.05, 4.69) is 26.0 Å². The fourth-order valence-corrected chi connectivity index (χ4v) is 5.20. The molecule has 2 fully saturated rings. The number of amides is 2. The molecule has 0 spiro atoms. The van der Waals surface area contributed by atoms with E-state index in [1.165, 1.54) is 18.3 Å². The van der Waals surface area contributed by atoms with E-state index in [4.69, 9.17) is 9.47 Å². The molecule has 10 nitrogen and oxygen atoms in total. The summed E-state index contributed by atoms with van der Waals surface area (Å²) in [5, 5.41) is 16.0. The van der Waals surface area contributed by atoms with Gasteiger partial charge in [-0.05, 0) is 53.2 Å². The van der Waals surface area contributed by atoms with E-state index >= 15 is 0 Å². The van der Waals surface area contributed by atoms with Crippen molar-refractivity contribution in [1.29, 1.82) is 0 Å². The minimum atomic E-state index is -0.544. The number of nitrogens with zero attached hydrogens (tertiary/aromatic N) is 4. The molecule has 2 aliphatic carbocycles. The van der Waals surface area contributed by atoms with Gasteiger partial charge >= 0.3 is 0 Å². The fourth-order valence-electron chi connectivity index (χ4n) is 4.77. The predicted molar refractivity (Wildman–Crippen MR) is 123 cm³/mol. The fraction of sp³-hybridized carbons (Fsp3) is 0.304.